The minimum atomic E-state index is -0.493. The summed E-state index contributed by atoms with van der Waals surface area (Å²) in [5.41, 5.74) is 6.20. The third-order valence-corrected chi connectivity index (χ3v) is 4.76. The Morgan fingerprint density at radius 3 is 2.81 bits per heavy atom. The van der Waals surface area contributed by atoms with Crippen molar-refractivity contribution < 1.29 is 4.92 Å². The van der Waals surface area contributed by atoms with E-state index in [1.54, 1.807) is 6.07 Å². The van der Waals surface area contributed by atoms with E-state index in [4.69, 9.17) is 18.0 Å². The van der Waals surface area contributed by atoms with Crippen LogP contribution in [0.4, 0.5) is 17.1 Å². The first-order valence-corrected chi connectivity index (χ1v) is 7.55. The van der Waals surface area contributed by atoms with Crippen LogP contribution in [0.5, 0.6) is 0 Å². The molecule has 112 valence electrons. The largest absolute Gasteiger partial charge is 0.393 e. The summed E-state index contributed by atoms with van der Waals surface area (Å²) in [7, 11) is 0. The van der Waals surface area contributed by atoms with Crippen molar-refractivity contribution in [2.45, 2.75) is 31.7 Å². The van der Waals surface area contributed by atoms with E-state index in [9.17, 15) is 10.1 Å². The molecule has 2 saturated carbocycles. The quantitative estimate of drug-likeness (QED) is 0.344. The number of rotatable bonds is 3. The molecule has 2 bridgehead atoms. The lowest BCUT2D eigenvalue weighted by atomic mass is 9.96. The molecule has 2 aliphatic carbocycles. The van der Waals surface area contributed by atoms with Gasteiger partial charge in [-0.3, -0.25) is 10.1 Å². The van der Waals surface area contributed by atoms with Crippen molar-refractivity contribution in [3.05, 3.63) is 28.3 Å². The molecule has 0 aromatic heterocycles. The maximum Gasteiger partial charge on any atom is 0.294 e. The summed E-state index contributed by atoms with van der Waals surface area (Å²) in [5.74, 6) is 1.56. The average Bonchev–Trinajstić information content (AvgIpc) is 3.03. The number of hydrogen-bond acceptors (Lipinski definition) is 4. The fraction of sp³-hybridized carbons (Fsp3) is 0.500. The molecule has 7 heteroatoms. The van der Waals surface area contributed by atoms with Crippen LogP contribution in [0.15, 0.2) is 18.2 Å². The van der Waals surface area contributed by atoms with Gasteiger partial charge in [0.25, 0.3) is 5.69 Å². The summed E-state index contributed by atoms with van der Waals surface area (Å²) in [6, 6.07) is 5.05. The third kappa shape index (κ3) is 2.92. The molecule has 21 heavy (non-hydrogen) atoms. The summed E-state index contributed by atoms with van der Waals surface area (Å²) in [6.07, 6.45) is 5.09. The number of nitrogen functional groups attached to an aromatic ring is 1. The van der Waals surface area contributed by atoms with Crippen molar-refractivity contribution in [1.29, 1.82) is 0 Å². The topological polar surface area (TPSA) is 93.2 Å². The van der Waals surface area contributed by atoms with Crippen molar-refractivity contribution in [3.8, 4) is 0 Å². The van der Waals surface area contributed by atoms with Crippen LogP contribution in [-0.4, -0.2) is 16.1 Å². The molecule has 3 atom stereocenters. The molecular formula is C14H18N4O2S. The number of nitrogens with one attached hydrogen (secondary N) is 2. The van der Waals surface area contributed by atoms with E-state index in [-0.39, 0.29) is 11.4 Å². The number of benzene rings is 1. The van der Waals surface area contributed by atoms with Crippen molar-refractivity contribution in [2.75, 3.05) is 11.1 Å². The molecule has 6 nitrogen and oxygen atoms in total. The Bertz CT molecular complexity index is 592. The second kappa shape index (κ2) is 5.48. The van der Waals surface area contributed by atoms with E-state index in [0.717, 1.165) is 11.8 Å². The number of thiocarbonyl (C=S) groups is 1. The van der Waals surface area contributed by atoms with E-state index in [1.165, 1.54) is 37.8 Å². The number of hydrogen-bond donors (Lipinski definition) is 3. The highest BCUT2D eigenvalue weighted by Gasteiger charge is 2.39. The Kier molecular flexibility index (Phi) is 3.67. The summed E-state index contributed by atoms with van der Waals surface area (Å²) in [6.45, 7) is 0. The Morgan fingerprint density at radius 1 is 1.38 bits per heavy atom. The van der Waals surface area contributed by atoms with Gasteiger partial charge < -0.3 is 16.4 Å². The third-order valence-electron chi connectivity index (χ3n) is 4.54. The van der Waals surface area contributed by atoms with E-state index in [1.807, 2.05) is 0 Å². The van der Waals surface area contributed by atoms with Crippen LogP contribution in [0.25, 0.3) is 0 Å². The Hall–Kier alpha value is -1.89. The molecule has 2 fully saturated rings. The van der Waals surface area contributed by atoms with Crippen molar-refractivity contribution >= 4 is 34.4 Å². The van der Waals surface area contributed by atoms with Crippen LogP contribution in [0, 0.1) is 22.0 Å². The zero-order valence-corrected chi connectivity index (χ0v) is 12.4. The van der Waals surface area contributed by atoms with Gasteiger partial charge in [-0.2, -0.15) is 0 Å². The van der Waals surface area contributed by atoms with Crippen molar-refractivity contribution in [1.82, 2.24) is 5.32 Å². The number of fused-ring (bicyclic) bond motifs is 2. The summed E-state index contributed by atoms with van der Waals surface area (Å²) in [5, 5.41) is 17.7. The minimum Gasteiger partial charge on any atom is -0.393 e. The predicted molar refractivity (Wildman–Crippen MR) is 86.1 cm³/mol. The number of anilines is 2. The molecule has 0 aliphatic heterocycles. The van der Waals surface area contributed by atoms with Gasteiger partial charge in [0.05, 0.1) is 4.92 Å². The fourth-order valence-corrected chi connectivity index (χ4v) is 3.81. The van der Waals surface area contributed by atoms with Gasteiger partial charge in [-0.1, -0.05) is 6.42 Å². The number of nitrogens with two attached hydrogens (primary N) is 1. The predicted octanol–water partition coefficient (Wildman–Crippen LogP) is 2.65. The van der Waals surface area contributed by atoms with Gasteiger partial charge in [-0.05, 0) is 55.4 Å². The zero-order chi connectivity index (χ0) is 15.0. The molecular weight excluding hydrogens is 288 g/mol. The van der Waals surface area contributed by atoms with Gasteiger partial charge in [0.15, 0.2) is 5.11 Å². The van der Waals surface area contributed by atoms with Crippen LogP contribution in [-0.2, 0) is 0 Å². The molecule has 0 radical (unpaired) electrons. The highest BCUT2D eigenvalue weighted by atomic mass is 32.1. The molecule has 0 spiro atoms. The fourth-order valence-electron chi connectivity index (χ4n) is 3.54. The number of nitrogens with zero attached hydrogens (tertiary/aromatic N) is 1. The lowest BCUT2D eigenvalue weighted by Gasteiger charge is -2.24. The average molecular weight is 306 g/mol. The van der Waals surface area contributed by atoms with Crippen LogP contribution in [0.1, 0.15) is 25.7 Å². The monoisotopic (exact) mass is 306 g/mol. The molecule has 4 N–H and O–H groups in total. The van der Waals surface area contributed by atoms with E-state index in [2.05, 4.69) is 10.6 Å². The van der Waals surface area contributed by atoms with E-state index >= 15 is 0 Å². The van der Waals surface area contributed by atoms with Crippen molar-refractivity contribution in [2.24, 2.45) is 11.8 Å². The second-order valence-corrected chi connectivity index (χ2v) is 6.32. The summed E-state index contributed by atoms with van der Waals surface area (Å²) in [4.78, 5) is 10.4. The van der Waals surface area contributed by atoms with E-state index < -0.39 is 4.92 Å². The maximum absolute atomic E-state index is 10.9. The minimum absolute atomic E-state index is 0.109. The van der Waals surface area contributed by atoms with Gasteiger partial charge in [-0.15, -0.1) is 0 Å². The highest BCUT2D eigenvalue weighted by molar-refractivity contribution is 7.80. The van der Waals surface area contributed by atoms with Gasteiger partial charge in [0, 0.05) is 17.8 Å². The number of nitro groups is 1. The molecule has 0 saturated heterocycles. The lowest BCUT2D eigenvalue weighted by Crippen LogP contribution is -2.40. The van der Waals surface area contributed by atoms with Crippen LogP contribution in [0.3, 0.4) is 0 Å². The molecule has 0 amide bonds. The van der Waals surface area contributed by atoms with Crippen LogP contribution < -0.4 is 16.4 Å². The first-order chi connectivity index (χ1) is 10.0. The molecule has 0 unspecified atom stereocenters. The Labute approximate surface area is 128 Å². The van der Waals surface area contributed by atoms with Gasteiger partial charge in [0.2, 0.25) is 0 Å². The van der Waals surface area contributed by atoms with Gasteiger partial charge in [0.1, 0.15) is 5.69 Å². The van der Waals surface area contributed by atoms with Gasteiger partial charge >= 0.3 is 0 Å². The first-order valence-electron chi connectivity index (χ1n) is 7.14. The lowest BCUT2D eigenvalue weighted by molar-refractivity contribution is -0.383. The normalized spacial score (nSPS) is 26.6. The highest BCUT2D eigenvalue weighted by Crippen LogP contribution is 2.44. The summed E-state index contributed by atoms with van der Waals surface area (Å²) >= 11 is 5.31. The summed E-state index contributed by atoms with van der Waals surface area (Å²) < 4.78 is 0. The zero-order valence-electron chi connectivity index (χ0n) is 11.5. The van der Waals surface area contributed by atoms with Gasteiger partial charge in [-0.25, -0.2) is 0 Å². The Balaban J connectivity index is 1.62. The second-order valence-electron chi connectivity index (χ2n) is 5.91. The first kappa shape index (κ1) is 14.1. The molecule has 3 rings (SSSR count). The maximum atomic E-state index is 10.9. The van der Waals surface area contributed by atoms with Crippen molar-refractivity contribution in [3.63, 3.8) is 0 Å². The molecule has 0 heterocycles. The van der Waals surface area contributed by atoms with E-state index in [0.29, 0.717) is 16.8 Å². The standard InChI is InChI=1S/C14H18N4O2S/c15-11-4-3-10(7-13(11)18(19)20)16-14(21)17-12-6-8-1-2-9(12)5-8/h3-4,7-9,12H,1-2,5-6,15H2,(H2,16,17,21)/t8-,9-,12-/m1/s1. The Morgan fingerprint density at radius 2 is 2.19 bits per heavy atom. The van der Waals surface area contributed by atoms with Crippen LogP contribution >= 0.6 is 12.2 Å². The molecule has 2 aliphatic rings. The smallest absolute Gasteiger partial charge is 0.294 e. The SMILES string of the molecule is Nc1ccc(NC(=S)N[C@@H]2C[C@@H]3CC[C@@H]2C3)cc1[N+](=O)[O-]. The number of nitro benzene ring substituents is 1. The molecule has 1 aromatic carbocycles. The molecule has 1 aromatic rings. The van der Waals surface area contributed by atoms with Crippen LogP contribution in [0.2, 0.25) is 0 Å².